The normalized spacial score (nSPS) is 12.3. The van der Waals surface area contributed by atoms with E-state index in [1.165, 1.54) is 6.07 Å². The minimum absolute atomic E-state index is 0.0991. The summed E-state index contributed by atoms with van der Waals surface area (Å²) in [6.07, 6.45) is 0.940. The molecular weight excluding hydrogens is 452 g/mol. The van der Waals surface area contributed by atoms with Gasteiger partial charge in [-0.15, -0.1) is 6.58 Å². The van der Waals surface area contributed by atoms with Crippen LogP contribution < -0.4 is 4.74 Å². The Morgan fingerprint density at radius 1 is 1.14 bits per heavy atom. The lowest BCUT2D eigenvalue weighted by atomic mass is 10.1. The number of aryl methyl sites for hydroxylation is 1. The lowest BCUT2D eigenvalue weighted by Crippen LogP contribution is -2.37. The number of benzene rings is 2. The minimum atomic E-state index is -0.803. The van der Waals surface area contributed by atoms with Crippen LogP contribution >= 0.6 is 0 Å². The molecule has 1 N–H and O–H groups in total. The maximum Gasteiger partial charge on any atom is 0.227 e. The van der Waals surface area contributed by atoms with Gasteiger partial charge in [0.25, 0.3) is 0 Å². The molecule has 6 nitrogen and oxygen atoms in total. The Morgan fingerprint density at radius 3 is 2.54 bits per heavy atom. The van der Waals surface area contributed by atoms with E-state index >= 15 is 0 Å². The Kier molecular flexibility index (Phi) is 9.54. The van der Waals surface area contributed by atoms with E-state index in [0.717, 1.165) is 23.4 Å². The first-order chi connectivity index (χ1) is 16.8. The molecule has 0 aliphatic heterocycles. The van der Waals surface area contributed by atoms with Gasteiger partial charge in [-0.1, -0.05) is 38.1 Å². The van der Waals surface area contributed by atoms with Crippen molar-refractivity contribution in [2.24, 2.45) is 5.92 Å². The molecule has 3 aromatic rings. The quantitative estimate of drug-likeness (QED) is 0.264. The molecule has 8 heteroatoms. The molecule has 0 saturated carbocycles. The predicted molar refractivity (Wildman–Crippen MR) is 132 cm³/mol. The second-order valence-corrected chi connectivity index (χ2v) is 8.86. The molecule has 1 atom stereocenters. The average Bonchev–Trinajstić information content (AvgIpc) is 3.11. The first-order valence-corrected chi connectivity index (χ1v) is 11.6. The van der Waals surface area contributed by atoms with Gasteiger partial charge < -0.3 is 14.6 Å². The third-order valence-corrected chi connectivity index (χ3v) is 5.26. The molecule has 3 rings (SSSR count). The van der Waals surface area contributed by atoms with Gasteiger partial charge in [0.15, 0.2) is 11.6 Å². The fraction of sp³-hybridized carbons (Fsp3) is 0.370. The zero-order valence-corrected chi connectivity index (χ0v) is 20.5. The molecule has 0 aliphatic rings. The highest BCUT2D eigenvalue weighted by Gasteiger charge is 2.24. The molecule has 1 aromatic heterocycles. The number of aromatic nitrogens is 2. The van der Waals surface area contributed by atoms with Gasteiger partial charge in [0.05, 0.1) is 36.3 Å². The Bertz CT molecular complexity index is 1100. The van der Waals surface area contributed by atoms with E-state index in [4.69, 9.17) is 9.47 Å². The van der Waals surface area contributed by atoms with Crippen LogP contribution in [0.25, 0.3) is 5.69 Å². The van der Waals surface area contributed by atoms with Gasteiger partial charge in [0.1, 0.15) is 5.82 Å². The third-order valence-electron chi connectivity index (χ3n) is 5.26. The number of nitrogens with zero attached hydrogens (tertiary/aromatic N) is 3. The second kappa shape index (κ2) is 12.6. The van der Waals surface area contributed by atoms with Crippen LogP contribution in [0.1, 0.15) is 25.1 Å². The topological polar surface area (TPSA) is 59.8 Å². The number of rotatable bonds is 13. The summed E-state index contributed by atoms with van der Waals surface area (Å²) in [5.74, 6) is -0.912. The van der Waals surface area contributed by atoms with Crippen molar-refractivity contribution in [3.8, 4) is 17.3 Å². The first kappa shape index (κ1) is 26.5. The van der Waals surface area contributed by atoms with Crippen molar-refractivity contribution < 1.29 is 23.4 Å². The SMILES string of the molecule is C=CCOC[C@H](O)CN(Cc1c(C)nn(-c2ccccc2)c1Oc1ccc(F)cc1F)CC(C)C. The minimum Gasteiger partial charge on any atom is -0.435 e. The van der Waals surface area contributed by atoms with Crippen molar-refractivity contribution >= 4 is 0 Å². The summed E-state index contributed by atoms with van der Waals surface area (Å²) in [5, 5.41) is 15.2. The molecule has 0 aliphatic carbocycles. The summed E-state index contributed by atoms with van der Waals surface area (Å²) in [7, 11) is 0. The zero-order chi connectivity index (χ0) is 25.4. The standard InChI is InChI=1S/C27H33F2N3O3/c1-5-13-34-18-23(33)16-31(15-19(2)3)17-24-20(4)30-32(22-9-7-6-8-10-22)27(24)35-26-12-11-21(28)14-25(26)29/h5-12,14,19,23,33H,1,13,15-18H2,2-4H3/t23-/m1/s1. The van der Waals surface area contributed by atoms with Crippen molar-refractivity contribution in [2.45, 2.75) is 33.4 Å². The average molecular weight is 486 g/mol. The van der Waals surface area contributed by atoms with Crippen molar-refractivity contribution in [3.63, 3.8) is 0 Å². The number of halogens is 2. The Hall–Kier alpha value is -3.07. The molecule has 0 spiro atoms. The second-order valence-electron chi connectivity index (χ2n) is 8.86. The number of ether oxygens (including phenoxy) is 2. The van der Waals surface area contributed by atoms with E-state index in [2.05, 4.69) is 30.4 Å². The van der Waals surface area contributed by atoms with Gasteiger partial charge in [-0.05, 0) is 37.1 Å². The molecule has 0 saturated heterocycles. The van der Waals surface area contributed by atoms with Crippen molar-refractivity contribution in [1.29, 1.82) is 0 Å². The van der Waals surface area contributed by atoms with Gasteiger partial charge >= 0.3 is 0 Å². The van der Waals surface area contributed by atoms with E-state index in [1.54, 1.807) is 10.8 Å². The molecule has 188 valence electrons. The van der Waals surface area contributed by atoms with E-state index in [0.29, 0.717) is 43.7 Å². The summed E-state index contributed by atoms with van der Waals surface area (Å²) in [5.41, 5.74) is 2.20. The molecule has 0 amide bonds. The number of hydrogen-bond donors (Lipinski definition) is 1. The molecule has 0 bridgehead atoms. The van der Waals surface area contributed by atoms with Crippen molar-refractivity contribution in [3.05, 3.63) is 84.1 Å². The maximum atomic E-state index is 14.5. The highest BCUT2D eigenvalue weighted by atomic mass is 19.1. The van der Waals surface area contributed by atoms with Gasteiger partial charge in [-0.2, -0.15) is 5.10 Å². The van der Waals surface area contributed by atoms with Gasteiger partial charge in [0.2, 0.25) is 5.88 Å². The Morgan fingerprint density at radius 2 is 1.89 bits per heavy atom. The van der Waals surface area contributed by atoms with Crippen molar-refractivity contribution in [1.82, 2.24) is 14.7 Å². The van der Waals surface area contributed by atoms with Crippen LogP contribution in [0.5, 0.6) is 11.6 Å². The molecule has 35 heavy (non-hydrogen) atoms. The molecule has 1 heterocycles. The summed E-state index contributed by atoms with van der Waals surface area (Å²) in [6, 6.07) is 12.6. The fourth-order valence-electron chi connectivity index (χ4n) is 3.81. The van der Waals surface area contributed by atoms with E-state index in [-0.39, 0.29) is 12.4 Å². The molecule has 0 radical (unpaired) electrons. The van der Waals surface area contributed by atoms with E-state index < -0.39 is 17.7 Å². The molecule has 0 fully saturated rings. The largest absolute Gasteiger partial charge is 0.435 e. The lowest BCUT2D eigenvalue weighted by molar-refractivity contribution is 0.0222. The Labute approximate surface area is 205 Å². The van der Waals surface area contributed by atoms with Crippen LogP contribution in [-0.2, 0) is 11.3 Å². The lowest BCUT2D eigenvalue weighted by Gasteiger charge is -2.27. The zero-order valence-electron chi connectivity index (χ0n) is 20.5. The maximum absolute atomic E-state index is 14.5. The van der Waals surface area contributed by atoms with Crippen LogP contribution in [0.3, 0.4) is 0 Å². The summed E-state index contributed by atoms with van der Waals surface area (Å²) in [4.78, 5) is 2.10. The number of aliphatic hydroxyl groups excluding tert-OH is 1. The monoisotopic (exact) mass is 485 g/mol. The fourth-order valence-corrected chi connectivity index (χ4v) is 3.81. The van der Waals surface area contributed by atoms with Crippen LogP contribution in [0.15, 0.2) is 61.2 Å². The number of aliphatic hydroxyl groups is 1. The van der Waals surface area contributed by atoms with Crippen molar-refractivity contribution in [2.75, 3.05) is 26.3 Å². The van der Waals surface area contributed by atoms with E-state index in [1.807, 2.05) is 37.3 Å². The third kappa shape index (κ3) is 7.45. The molecular formula is C27H33F2N3O3. The van der Waals surface area contributed by atoms with Gasteiger partial charge in [-0.3, -0.25) is 4.90 Å². The van der Waals surface area contributed by atoms with Crippen LogP contribution in [-0.4, -0.2) is 52.2 Å². The summed E-state index contributed by atoms with van der Waals surface area (Å²) in [6.45, 7) is 11.7. The number of para-hydroxylation sites is 1. The highest BCUT2D eigenvalue weighted by molar-refractivity contribution is 5.43. The molecule has 0 unspecified atom stereocenters. The van der Waals surface area contributed by atoms with Gasteiger partial charge in [-0.25, -0.2) is 13.5 Å². The summed E-state index contributed by atoms with van der Waals surface area (Å²) < 4.78 is 41.0. The molecule has 2 aromatic carbocycles. The summed E-state index contributed by atoms with van der Waals surface area (Å²) >= 11 is 0. The van der Waals surface area contributed by atoms with E-state index in [9.17, 15) is 13.9 Å². The highest BCUT2D eigenvalue weighted by Crippen LogP contribution is 2.33. The first-order valence-electron chi connectivity index (χ1n) is 11.6. The van der Waals surface area contributed by atoms with Crippen LogP contribution in [0, 0.1) is 24.5 Å². The smallest absolute Gasteiger partial charge is 0.227 e. The predicted octanol–water partition coefficient (Wildman–Crippen LogP) is 5.27. The Balaban J connectivity index is 1.96. The van der Waals surface area contributed by atoms with Gasteiger partial charge in [0, 0.05) is 25.7 Å². The number of hydrogen-bond acceptors (Lipinski definition) is 5. The van der Waals surface area contributed by atoms with Crippen LogP contribution in [0.4, 0.5) is 8.78 Å². The van der Waals surface area contributed by atoms with Crippen LogP contribution in [0.2, 0.25) is 0 Å².